The minimum Gasteiger partial charge on any atom is -0.322 e. The summed E-state index contributed by atoms with van der Waals surface area (Å²) in [5.74, 6) is -0.980. The molecular weight excluding hydrogens is 379 g/mol. The first kappa shape index (κ1) is 18.6. The van der Waals surface area contributed by atoms with E-state index in [0.29, 0.717) is 11.3 Å². The Bertz CT molecular complexity index is 955. The first-order valence-corrected chi connectivity index (χ1v) is 9.76. The number of halogens is 2. The average Bonchev–Trinajstić information content (AvgIpc) is 3.40. The molecule has 136 valence electrons. The van der Waals surface area contributed by atoms with Crippen LogP contribution in [-0.4, -0.2) is 20.4 Å². The van der Waals surface area contributed by atoms with Crippen LogP contribution >= 0.6 is 11.6 Å². The average molecular weight is 395 g/mol. The van der Waals surface area contributed by atoms with Gasteiger partial charge in [-0.05, 0) is 54.8 Å². The molecule has 1 aliphatic rings. The predicted octanol–water partition coefficient (Wildman–Crippen LogP) is 3.57. The number of carbonyl (C=O) groups excluding carboxylic acids is 1. The quantitative estimate of drug-likeness (QED) is 0.735. The number of hydrogen-bond donors (Lipinski definition) is 2. The van der Waals surface area contributed by atoms with Crippen molar-refractivity contribution in [1.29, 1.82) is 0 Å². The van der Waals surface area contributed by atoms with E-state index in [9.17, 15) is 17.6 Å². The Kier molecular flexibility index (Phi) is 5.41. The van der Waals surface area contributed by atoms with Gasteiger partial charge in [-0.2, -0.15) is 0 Å². The molecule has 0 radical (unpaired) electrons. The second-order valence-corrected chi connectivity index (χ2v) is 8.04. The Labute approximate surface area is 155 Å². The van der Waals surface area contributed by atoms with Crippen LogP contribution in [0.25, 0.3) is 6.08 Å². The summed E-state index contributed by atoms with van der Waals surface area (Å²) >= 11 is 5.66. The zero-order valence-corrected chi connectivity index (χ0v) is 15.1. The Hall–Kier alpha value is -2.22. The second kappa shape index (κ2) is 7.57. The fourth-order valence-corrected chi connectivity index (χ4v) is 3.66. The van der Waals surface area contributed by atoms with E-state index >= 15 is 0 Å². The van der Waals surface area contributed by atoms with Gasteiger partial charge in [0.2, 0.25) is 15.9 Å². The first-order valence-electron chi connectivity index (χ1n) is 7.90. The fourth-order valence-electron chi connectivity index (χ4n) is 2.18. The van der Waals surface area contributed by atoms with E-state index in [4.69, 9.17) is 11.6 Å². The third-order valence-electron chi connectivity index (χ3n) is 3.70. The maximum absolute atomic E-state index is 13.1. The summed E-state index contributed by atoms with van der Waals surface area (Å²) in [6.45, 7) is 0. The third kappa shape index (κ3) is 4.91. The van der Waals surface area contributed by atoms with E-state index in [1.807, 2.05) is 0 Å². The lowest BCUT2D eigenvalue weighted by molar-refractivity contribution is -0.111. The number of rotatable bonds is 6. The number of anilines is 1. The molecule has 0 aromatic heterocycles. The van der Waals surface area contributed by atoms with Gasteiger partial charge in [-0.15, -0.1) is 0 Å². The molecule has 0 heterocycles. The zero-order valence-electron chi connectivity index (χ0n) is 13.6. The summed E-state index contributed by atoms with van der Waals surface area (Å²) in [5.41, 5.74) is 1.04. The smallest absolute Gasteiger partial charge is 0.248 e. The van der Waals surface area contributed by atoms with Crippen LogP contribution in [0.15, 0.2) is 53.4 Å². The van der Waals surface area contributed by atoms with Gasteiger partial charge in [-0.3, -0.25) is 4.79 Å². The molecular formula is C18H16ClFN2O3S. The SMILES string of the molecule is O=C(/C=C/c1ccc(S(=O)(=O)NC2CC2)cc1)Nc1ccc(F)c(Cl)c1. The molecule has 2 aromatic rings. The number of nitrogens with one attached hydrogen (secondary N) is 2. The first-order chi connectivity index (χ1) is 12.3. The molecule has 0 bridgehead atoms. The van der Waals surface area contributed by atoms with Crippen molar-refractivity contribution in [3.8, 4) is 0 Å². The van der Waals surface area contributed by atoms with Gasteiger partial charge in [0.15, 0.2) is 0 Å². The van der Waals surface area contributed by atoms with Crippen molar-refractivity contribution >= 4 is 39.3 Å². The number of amides is 1. The standard InChI is InChI=1S/C18H16ClFN2O3S/c19-16-11-14(6-9-17(16)20)21-18(23)10-3-12-1-7-15(8-2-12)26(24,25)22-13-4-5-13/h1-3,6-11,13,22H,4-5H2,(H,21,23)/b10-3+. The number of carbonyl (C=O) groups is 1. The molecule has 0 atom stereocenters. The van der Waals surface area contributed by atoms with E-state index < -0.39 is 21.7 Å². The van der Waals surface area contributed by atoms with Crippen LogP contribution in [-0.2, 0) is 14.8 Å². The van der Waals surface area contributed by atoms with Crippen LogP contribution in [0.5, 0.6) is 0 Å². The van der Waals surface area contributed by atoms with Crippen LogP contribution in [0.3, 0.4) is 0 Å². The highest BCUT2D eigenvalue weighted by Gasteiger charge is 2.27. The number of benzene rings is 2. The third-order valence-corrected chi connectivity index (χ3v) is 5.53. The number of sulfonamides is 1. The van der Waals surface area contributed by atoms with Crippen LogP contribution in [0.2, 0.25) is 5.02 Å². The largest absolute Gasteiger partial charge is 0.322 e. The molecule has 26 heavy (non-hydrogen) atoms. The van der Waals surface area contributed by atoms with Crippen molar-refractivity contribution in [1.82, 2.24) is 4.72 Å². The molecule has 3 rings (SSSR count). The van der Waals surface area contributed by atoms with E-state index in [-0.39, 0.29) is 16.0 Å². The molecule has 2 aromatic carbocycles. The lowest BCUT2D eigenvalue weighted by atomic mass is 10.2. The van der Waals surface area contributed by atoms with E-state index in [1.165, 1.54) is 30.3 Å². The Morgan fingerprint density at radius 2 is 1.85 bits per heavy atom. The highest BCUT2D eigenvalue weighted by atomic mass is 35.5. The molecule has 8 heteroatoms. The van der Waals surface area contributed by atoms with Gasteiger partial charge in [0, 0.05) is 17.8 Å². The molecule has 0 saturated heterocycles. The van der Waals surface area contributed by atoms with Crippen LogP contribution in [0, 0.1) is 5.82 Å². The highest BCUT2D eigenvalue weighted by molar-refractivity contribution is 7.89. The van der Waals surface area contributed by atoms with Crippen molar-refractivity contribution in [3.63, 3.8) is 0 Å². The Morgan fingerprint density at radius 1 is 1.15 bits per heavy atom. The van der Waals surface area contributed by atoms with E-state index in [0.717, 1.165) is 18.9 Å². The summed E-state index contributed by atoms with van der Waals surface area (Å²) in [6, 6.07) is 10.1. The van der Waals surface area contributed by atoms with Crippen molar-refractivity contribution in [3.05, 3.63) is 64.9 Å². The van der Waals surface area contributed by atoms with Crippen LogP contribution in [0.4, 0.5) is 10.1 Å². The molecule has 0 spiro atoms. The van der Waals surface area contributed by atoms with Gasteiger partial charge in [0.25, 0.3) is 0 Å². The summed E-state index contributed by atoms with van der Waals surface area (Å²) < 4.78 is 39.9. The van der Waals surface area contributed by atoms with Crippen molar-refractivity contribution in [2.75, 3.05) is 5.32 Å². The second-order valence-electron chi connectivity index (χ2n) is 5.92. The molecule has 2 N–H and O–H groups in total. The Morgan fingerprint density at radius 3 is 2.46 bits per heavy atom. The van der Waals surface area contributed by atoms with Crippen LogP contribution < -0.4 is 10.0 Å². The fraction of sp³-hybridized carbons (Fsp3) is 0.167. The minimum absolute atomic E-state index is 0.0447. The molecule has 1 amide bonds. The molecule has 0 aliphatic heterocycles. The predicted molar refractivity (Wildman–Crippen MR) is 98.9 cm³/mol. The van der Waals surface area contributed by atoms with Crippen molar-refractivity contribution in [2.24, 2.45) is 0 Å². The maximum Gasteiger partial charge on any atom is 0.248 e. The van der Waals surface area contributed by atoms with Gasteiger partial charge < -0.3 is 5.32 Å². The zero-order chi connectivity index (χ0) is 18.7. The topological polar surface area (TPSA) is 75.3 Å². The lowest BCUT2D eigenvalue weighted by Gasteiger charge is -2.05. The summed E-state index contributed by atoms with van der Waals surface area (Å²) in [7, 11) is -3.49. The van der Waals surface area contributed by atoms with Gasteiger partial charge in [-0.1, -0.05) is 23.7 Å². The minimum atomic E-state index is -3.49. The Balaban J connectivity index is 1.62. The van der Waals surface area contributed by atoms with E-state index in [1.54, 1.807) is 18.2 Å². The van der Waals surface area contributed by atoms with Gasteiger partial charge in [0.05, 0.1) is 9.92 Å². The molecule has 1 fully saturated rings. The van der Waals surface area contributed by atoms with E-state index in [2.05, 4.69) is 10.0 Å². The van der Waals surface area contributed by atoms with Gasteiger partial charge in [-0.25, -0.2) is 17.5 Å². The molecule has 0 unspecified atom stereocenters. The van der Waals surface area contributed by atoms with Gasteiger partial charge >= 0.3 is 0 Å². The monoisotopic (exact) mass is 394 g/mol. The maximum atomic E-state index is 13.1. The summed E-state index contributed by atoms with van der Waals surface area (Å²) in [4.78, 5) is 12.1. The normalized spacial score (nSPS) is 14.5. The molecule has 5 nitrogen and oxygen atoms in total. The summed E-state index contributed by atoms with van der Waals surface area (Å²) in [6.07, 6.45) is 4.58. The molecule has 1 saturated carbocycles. The van der Waals surface area contributed by atoms with Gasteiger partial charge in [0.1, 0.15) is 5.82 Å². The molecule has 1 aliphatic carbocycles. The van der Waals surface area contributed by atoms with Crippen molar-refractivity contribution in [2.45, 2.75) is 23.8 Å². The number of hydrogen-bond acceptors (Lipinski definition) is 3. The van der Waals surface area contributed by atoms with Crippen LogP contribution in [0.1, 0.15) is 18.4 Å². The summed E-state index contributed by atoms with van der Waals surface area (Å²) in [5, 5.41) is 2.48. The lowest BCUT2D eigenvalue weighted by Crippen LogP contribution is -2.25. The van der Waals surface area contributed by atoms with Crippen molar-refractivity contribution < 1.29 is 17.6 Å². The highest BCUT2D eigenvalue weighted by Crippen LogP contribution is 2.22.